The van der Waals surface area contributed by atoms with E-state index in [1.54, 1.807) is 0 Å². The number of nitrogens with two attached hydrogens (primary N) is 1. The summed E-state index contributed by atoms with van der Waals surface area (Å²) in [5, 5.41) is 0. The predicted octanol–water partition coefficient (Wildman–Crippen LogP) is 2.87. The van der Waals surface area contributed by atoms with Crippen LogP contribution in [-0.4, -0.2) is 30.1 Å². The van der Waals surface area contributed by atoms with E-state index < -0.39 is 0 Å². The van der Waals surface area contributed by atoms with Gasteiger partial charge in [-0.3, -0.25) is 0 Å². The third-order valence-corrected chi connectivity index (χ3v) is 4.03. The van der Waals surface area contributed by atoms with Gasteiger partial charge >= 0.3 is 0 Å². The van der Waals surface area contributed by atoms with E-state index in [1.807, 2.05) is 0 Å². The molecule has 16 heavy (non-hydrogen) atoms. The second-order valence-corrected chi connectivity index (χ2v) is 6.10. The van der Waals surface area contributed by atoms with E-state index in [1.165, 1.54) is 38.8 Å². The van der Waals surface area contributed by atoms with Crippen molar-refractivity contribution < 1.29 is 0 Å². The molecule has 96 valence electrons. The van der Waals surface area contributed by atoms with Gasteiger partial charge in [0, 0.05) is 18.6 Å². The van der Waals surface area contributed by atoms with Crippen molar-refractivity contribution in [3.8, 4) is 0 Å². The molecular formula is C14H30N2. The SMILES string of the molecule is CC(C)CCCC(C)N1CCC(N)C(C)C1. The standard InChI is InChI=1S/C14H30N2/c1-11(2)6-5-7-13(4)16-9-8-14(15)12(3)10-16/h11-14H,5-10,15H2,1-4H3. The van der Waals surface area contributed by atoms with Gasteiger partial charge in [0.1, 0.15) is 0 Å². The minimum atomic E-state index is 0.430. The van der Waals surface area contributed by atoms with E-state index in [9.17, 15) is 0 Å². The number of hydrogen-bond donors (Lipinski definition) is 1. The lowest BCUT2D eigenvalue weighted by molar-refractivity contribution is 0.117. The Hall–Kier alpha value is -0.0800. The lowest BCUT2D eigenvalue weighted by Gasteiger charge is -2.38. The van der Waals surface area contributed by atoms with E-state index in [-0.39, 0.29) is 0 Å². The van der Waals surface area contributed by atoms with Gasteiger partial charge in [-0.1, -0.05) is 33.6 Å². The molecule has 1 aliphatic heterocycles. The molecule has 1 aliphatic rings. The van der Waals surface area contributed by atoms with Crippen LogP contribution in [-0.2, 0) is 0 Å². The Labute approximate surface area is 102 Å². The fourth-order valence-electron chi connectivity index (χ4n) is 2.60. The average molecular weight is 226 g/mol. The molecule has 2 heteroatoms. The zero-order valence-corrected chi connectivity index (χ0v) is 11.6. The van der Waals surface area contributed by atoms with Crippen LogP contribution in [0.25, 0.3) is 0 Å². The summed E-state index contributed by atoms with van der Waals surface area (Å²) in [5.74, 6) is 1.52. The molecule has 0 aromatic rings. The number of hydrogen-bond acceptors (Lipinski definition) is 2. The van der Waals surface area contributed by atoms with E-state index in [2.05, 4.69) is 32.6 Å². The Kier molecular flexibility index (Phi) is 5.77. The zero-order valence-electron chi connectivity index (χ0n) is 11.6. The summed E-state index contributed by atoms with van der Waals surface area (Å²) in [6.07, 6.45) is 5.26. The summed E-state index contributed by atoms with van der Waals surface area (Å²) >= 11 is 0. The molecule has 0 spiro atoms. The third-order valence-electron chi connectivity index (χ3n) is 4.03. The molecular weight excluding hydrogens is 196 g/mol. The summed E-state index contributed by atoms with van der Waals surface area (Å²) in [7, 11) is 0. The quantitative estimate of drug-likeness (QED) is 0.781. The first-order valence-corrected chi connectivity index (χ1v) is 7.00. The molecule has 1 heterocycles. The van der Waals surface area contributed by atoms with Crippen LogP contribution >= 0.6 is 0 Å². The monoisotopic (exact) mass is 226 g/mol. The van der Waals surface area contributed by atoms with Crippen LogP contribution < -0.4 is 5.73 Å². The molecule has 0 aromatic carbocycles. The van der Waals surface area contributed by atoms with Crippen molar-refractivity contribution in [3.05, 3.63) is 0 Å². The Morgan fingerprint density at radius 1 is 1.25 bits per heavy atom. The molecule has 0 aromatic heterocycles. The highest BCUT2D eigenvalue weighted by atomic mass is 15.2. The highest BCUT2D eigenvalue weighted by Gasteiger charge is 2.25. The minimum Gasteiger partial charge on any atom is -0.327 e. The van der Waals surface area contributed by atoms with Crippen LogP contribution in [0.4, 0.5) is 0 Å². The number of piperidine rings is 1. The van der Waals surface area contributed by atoms with Gasteiger partial charge in [-0.05, 0) is 38.1 Å². The molecule has 2 N–H and O–H groups in total. The lowest BCUT2D eigenvalue weighted by atomic mass is 9.93. The van der Waals surface area contributed by atoms with Crippen LogP contribution in [0.2, 0.25) is 0 Å². The topological polar surface area (TPSA) is 29.3 Å². The highest BCUT2D eigenvalue weighted by Crippen LogP contribution is 2.20. The minimum absolute atomic E-state index is 0.430. The van der Waals surface area contributed by atoms with Crippen molar-refractivity contribution in [1.29, 1.82) is 0 Å². The fourth-order valence-corrected chi connectivity index (χ4v) is 2.60. The summed E-state index contributed by atoms with van der Waals surface area (Å²) < 4.78 is 0. The van der Waals surface area contributed by atoms with Crippen molar-refractivity contribution in [2.24, 2.45) is 17.6 Å². The number of likely N-dealkylation sites (tertiary alicyclic amines) is 1. The maximum Gasteiger partial charge on any atom is 0.00889 e. The smallest absolute Gasteiger partial charge is 0.00889 e. The van der Waals surface area contributed by atoms with Crippen molar-refractivity contribution >= 4 is 0 Å². The molecule has 0 saturated carbocycles. The molecule has 0 radical (unpaired) electrons. The van der Waals surface area contributed by atoms with Gasteiger partial charge in [0.15, 0.2) is 0 Å². The molecule has 3 atom stereocenters. The van der Waals surface area contributed by atoms with Gasteiger partial charge in [-0.25, -0.2) is 0 Å². The van der Waals surface area contributed by atoms with Crippen LogP contribution in [0.1, 0.15) is 53.4 Å². The maximum absolute atomic E-state index is 6.05. The first-order chi connectivity index (χ1) is 7.50. The van der Waals surface area contributed by atoms with Crippen LogP contribution in [0.3, 0.4) is 0 Å². The second-order valence-electron chi connectivity index (χ2n) is 6.10. The summed E-state index contributed by atoms with van der Waals surface area (Å²) in [4.78, 5) is 2.63. The van der Waals surface area contributed by atoms with Gasteiger partial charge in [-0.15, -0.1) is 0 Å². The normalized spacial score (nSPS) is 29.6. The summed E-state index contributed by atoms with van der Waals surface area (Å²) in [6, 6.07) is 1.17. The Morgan fingerprint density at radius 2 is 1.94 bits per heavy atom. The van der Waals surface area contributed by atoms with Gasteiger partial charge in [0.25, 0.3) is 0 Å². The zero-order chi connectivity index (χ0) is 12.1. The van der Waals surface area contributed by atoms with E-state index in [0.29, 0.717) is 12.0 Å². The van der Waals surface area contributed by atoms with Crippen molar-refractivity contribution in [1.82, 2.24) is 4.90 Å². The summed E-state index contributed by atoms with van der Waals surface area (Å²) in [5.41, 5.74) is 6.05. The Bertz CT molecular complexity index is 191. The molecule has 3 unspecified atom stereocenters. The van der Waals surface area contributed by atoms with Crippen LogP contribution in [0.15, 0.2) is 0 Å². The Morgan fingerprint density at radius 3 is 2.50 bits per heavy atom. The third kappa shape index (κ3) is 4.42. The number of rotatable bonds is 5. The lowest BCUT2D eigenvalue weighted by Crippen LogP contribution is -2.48. The largest absolute Gasteiger partial charge is 0.327 e. The summed E-state index contributed by atoms with van der Waals surface area (Å²) in [6.45, 7) is 11.7. The van der Waals surface area contributed by atoms with Crippen molar-refractivity contribution in [3.63, 3.8) is 0 Å². The van der Waals surface area contributed by atoms with Gasteiger partial charge in [-0.2, -0.15) is 0 Å². The Balaban J connectivity index is 2.23. The first-order valence-electron chi connectivity index (χ1n) is 7.00. The first kappa shape index (κ1) is 14.0. The van der Waals surface area contributed by atoms with Crippen molar-refractivity contribution in [2.45, 2.75) is 65.5 Å². The van der Waals surface area contributed by atoms with E-state index >= 15 is 0 Å². The number of nitrogens with zero attached hydrogens (tertiary/aromatic N) is 1. The maximum atomic E-state index is 6.05. The molecule has 0 amide bonds. The fraction of sp³-hybridized carbons (Fsp3) is 1.00. The van der Waals surface area contributed by atoms with Gasteiger partial charge in [0.05, 0.1) is 0 Å². The van der Waals surface area contributed by atoms with E-state index in [0.717, 1.165) is 12.0 Å². The second kappa shape index (κ2) is 6.61. The van der Waals surface area contributed by atoms with Crippen LogP contribution in [0, 0.1) is 11.8 Å². The van der Waals surface area contributed by atoms with Crippen LogP contribution in [0.5, 0.6) is 0 Å². The van der Waals surface area contributed by atoms with Gasteiger partial charge in [0.2, 0.25) is 0 Å². The van der Waals surface area contributed by atoms with Gasteiger partial charge < -0.3 is 10.6 Å². The average Bonchev–Trinajstić information content (AvgIpc) is 2.21. The molecule has 1 saturated heterocycles. The molecule has 1 rings (SSSR count). The molecule has 2 nitrogen and oxygen atoms in total. The molecule has 0 aliphatic carbocycles. The highest BCUT2D eigenvalue weighted by molar-refractivity contribution is 4.82. The molecule has 0 bridgehead atoms. The predicted molar refractivity (Wildman–Crippen MR) is 71.5 cm³/mol. The van der Waals surface area contributed by atoms with Crippen molar-refractivity contribution in [2.75, 3.05) is 13.1 Å². The molecule has 1 fully saturated rings. The van der Waals surface area contributed by atoms with E-state index in [4.69, 9.17) is 5.73 Å².